The van der Waals surface area contributed by atoms with Crippen LogP contribution in [-0.4, -0.2) is 10.9 Å². The molecular formula is C18H11ClN2O. The van der Waals surface area contributed by atoms with Gasteiger partial charge in [0.05, 0.1) is 5.57 Å². The number of nitrogens with zero attached hydrogens (tertiary/aromatic N) is 2. The van der Waals surface area contributed by atoms with E-state index >= 15 is 0 Å². The molecule has 106 valence electrons. The van der Waals surface area contributed by atoms with Gasteiger partial charge in [0.1, 0.15) is 11.8 Å². The van der Waals surface area contributed by atoms with E-state index in [4.69, 9.17) is 16.8 Å². The van der Waals surface area contributed by atoms with Gasteiger partial charge in [0.15, 0.2) is 0 Å². The first-order chi connectivity index (χ1) is 10.7. The predicted octanol–water partition coefficient (Wildman–Crippen LogP) is 4.52. The van der Waals surface area contributed by atoms with Crippen molar-refractivity contribution in [2.24, 2.45) is 5.16 Å². The molecule has 0 amide bonds. The minimum absolute atomic E-state index is 0.479. The van der Waals surface area contributed by atoms with Crippen LogP contribution in [0.2, 0.25) is 5.02 Å². The van der Waals surface area contributed by atoms with Crippen molar-refractivity contribution >= 4 is 28.5 Å². The smallest absolute Gasteiger partial charge is 0.110 e. The minimum atomic E-state index is 0.479. The van der Waals surface area contributed by atoms with E-state index in [1.54, 1.807) is 24.3 Å². The predicted molar refractivity (Wildman–Crippen MR) is 87.8 cm³/mol. The maximum Gasteiger partial charge on any atom is 0.110 e. The molecule has 0 saturated heterocycles. The summed E-state index contributed by atoms with van der Waals surface area (Å²) in [5.74, 6) is 0. The number of fused-ring (bicyclic) bond motifs is 1. The Morgan fingerprint density at radius 3 is 2.32 bits per heavy atom. The van der Waals surface area contributed by atoms with Crippen molar-refractivity contribution in [2.75, 3.05) is 0 Å². The van der Waals surface area contributed by atoms with E-state index in [9.17, 15) is 5.26 Å². The van der Waals surface area contributed by atoms with Crippen LogP contribution in [0.25, 0.3) is 11.1 Å². The summed E-state index contributed by atoms with van der Waals surface area (Å²) >= 11 is 5.91. The van der Waals surface area contributed by atoms with Crippen LogP contribution in [0.15, 0.2) is 65.8 Å². The van der Waals surface area contributed by atoms with E-state index in [0.29, 0.717) is 16.3 Å². The maximum absolute atomic E-state index is 9.60. The first-order valence-corrected chi connectivity index (χ1v) is 7.02. The van der Waals surface area contributed by atoms with Crippen LogP contribution in [0.1, 0.15) is 16.7 Å². The lowest BCUT2D eigenvalue weighted by atomic mass is 9.87. The fraction of sp³-hybridized carbons (Fsp3) is 0. The highest BCUT2D eigenvalue weighted by atomic mass is 35.5. The minimum Gasteiger partial charge on any atom is -0.410 e. The Kier molecular flexibility index (Phi) is 3.78. The van der Waals surface area contributed by atoms with Crippen molar-refractivity contribution in [3.05, 3.63) is 82.4 Å². The highest BCUT2D eigenvalue weighted by Crippen LogP contribution is 2.33. The lowest BCUT2D eigenvalue weighted by Gasteiger charge is -2.16. The summed E-state index contributed by atoms with van der Waals surface area (Å²) in [7, 11) is 0. The summed E-state index contributed by atoms with van der Waals surface area (Å²) < 4.78 is 0. The molecule has 22 heavy (non-hydrogen) atoms. The second-order valence-electron chi connectivity index (χ2n) is 4.77. The molecule has 0 bridgehead atoms. The molecule has 0 aromatic heterocycles. The van der Waals surface area contributed by atoms with Crippen molar-refractivity contribution in [1.82, 2.24) is 0 Å². The average molecular weight is 307 g/mol. The molecule has 4 heteroatoms. The molecule has 0 fully saturated rings. The molecule has 0 spiro atoms. The highest BCUT2D eigenvalue weighted by Gasteiger charge is 2.18. The first-order valence-electron chi connectivity index (χ1n) is 6.65. The van der Waals surface area contributed by atoms with E-state index in [-0.39, 0.29) is 0 Å². The van der Waals surface area contributed by atoms with Gasteiger partial charge in [-0.1, -0.05) is 59.2 Å². The Morgan fingerprint density at radius 1 is 1.00 bits per heavy atom. The molecule has 3 nitrogen and oxygen atoms in total. The van der Waals surface area contributed by atoms with E-state index in [2.05, 4.69) is 11.2 Å². The van der Waals surface area contributed by atoms with E-state index in [1.807, 2.05) is 36.4 Å². The average Bonchev–Trinajstić information content (AvgIpc) is 2.57. The van der Waals surface area contributed by atoms with Crippen LogP contribution in [0.5, 0.6) is 0 Å². The Bertz CT molecular complexity index is 855. The Morgan fingerprint density at radius 2 is 1.68 bits per heavy atom. The van der Waals surface area contributed by atoms with Gasteiger partial charge in [0, 0.05) is 16.2 Å². The summed E-state index contributed by atoms with van der Waals surface area (Å²) in [4.78, 5) is 0. The molecule has 0 heterocycles. The second-order valence-corrected chi connectivity index (χ2v) is 5.21. The van der Waals surface area contributed by atoms with Gasteiger partial charge < -0.3 is 5.21 Å². The largest absolute Gasteiger partial charge is 0.410 e. The first kappa shape index (κ1) is 14.1. The second kappa shape index (κ2) is 5.88. The van der Waals surface area contributed by atoms with Gasteiger partial charge in [-0.3, -0.25) is 0 Å². The van der Waals surface area contributed by atoms with Gasteiger partial charge in [0.2, 0.25) is 0 Å². The topological polar surface area (TPSA) is 56.4 Å². The van der Waals surface area contributed by atoms with Crippen LogP contribution in [0, 0.1) is 11.3 Å². The number of allylic oxidation sites excluding steroid dienone is 4. The van der Waals surface area contributed by atoms with Gasteiger partial charge in [-0.2, -0.15) is 5.26 Å². The van der Waals surface area contributed by atoms with Crippen molar-refractivity contribution < 1.29 is 5.21 Å². The fourth-order valence-corrected chi connectivity index (χ4v) is 2.61. The molecule has 1 aliphatic rings. The van der Waals surface area contributed by atoms with Crippen LogP contribution in [-0.2, 0) is 0 Å². The van der Waals surface area contributed by atoms with Crippen LogP contribution in [0.4, 0.5) is 0 Å². The van der Waals surface area contributed by atoms with Crippen molar-refractivity contribution in [3.63, 3.8) is 0 Å². The van der Waals surface area contributed by atoms with E-state index in [1.165, 1.54) is 0 Å². The van der Waals surface area contributed by atoms with E-state index in [0.717, 1.165) is 22.3 Å². The third kappa shape index (κ3) is 2.41. The molecule has 3 rings (SSSR count). The van der Waals surface area contributed by atoms with Crippen LogP contribution in [0.3, 0.4) is 0 Å². The van der Waals surface area contributed by atoms with Gasteiger partial charge >= 0.3 is 0 Å². The SMILES string of the molecule is N#CC(=C1C=C/C(=N\O)c2ccccc21)c1ccc(Cl)cc1. The number of nitriles is 1. The summed E-state index contributed by atoms with van der Waals surface area (Å²) in [5.41, 5.74) is 4.29. The number of halogens is 1. The van der Waals surface area contributed by atoms with Crippen molar-refractivity contribution in [2.45, 2.75) is 0 Å². The molecule has 2 aromatic rings. The lowest BCUT2D eigenvalue weighted by molar-refractivity contribution is 0.320. The number of oxime groups is 1. The van der Waals surface area contributed by atoms with Gasteiger partial charge in [-0.15, -0.1) is 0 Å². The Hall–Kier alpha value is -2.83. The maximum atomic E-state index is 9.60. The van der Waals surface area contributed by atoms with Crippen molar-refractivity contribution in [3.8, 4) is 6.07 Å². The molecule has 1 N–H and O–H groups in total. The number of hydrogen-bond donors (Lipinski definition) is 1. The van der Waals surface area contributed by atoms with Gasteiger partial charge in [-0.05, 0) is 29.3 Å². The molecule has 2 aromatic carbocycles. The van der Waals surface area contributed by atoms with Crippen LogP contribution >= 0.6 is 11.6 Å². The van der Waals surface area contributed by atoms with Crippen LogP contribution < -0.4 is 0 Å². The molecule has 0 saturated carbocycles. The molecule has 0 aliphatic heterocycles. The zero-order chi connectivity index (χ0) is 15.5. The molecule has 0 atom stereocenters. The monoisotopic (exact) mass is 306 g/mol. The number of rotatable bonds is 1. The fourth-order valence-electron chi connectivity index (χ4n) is 2.49. The standard InChI is InChI=1S/C18H11ClN2O/c19-13-7-5-12(6-8-13)17(11-20)15-9-10-18(21-22)16-4-2-1-3-14(15)16/h1-10,22H/b17-15?,21-18+. The number of benzene rings is 2. The third-order valence-electron chi connectivity index (χ3n) is 3.52. The summed E-state index contributed by atoms with van der Waals surface area (Å²) in [6.07, 6.45) is 3.50. The Labute approximate surface area is 133 Å². The molecule has 1 aliphatic carbocycles. The highest BCUT2D eigenvalue weighted by molar-refractivity contribution is 6.30. The van der Waals surface area contributed by atoms with Gasteiger partial charge in [-0.25, -0.2) is 0 Å². The number of hydrogen-bond acceptors (Lipinski definition) is 3. The molecular weight excluding hydrogens is 296 g/mol. The summed E-state index contributed by atoms with van der Waals surface area (Å²) in [6, 6.07) is 17.0. The summed E-state index contributed by atoms with van der Waals surface area (Å²) in [5, 5.41) is 22.6. The third-order valence-corrected chi connectivity index (χ3v) is 3.77. The normalized spacial score (nSPS) is 17.0. The molecule has 0 unspecified atom stereocenters. The lowest BCUT2D eigenvalue weighted by Crippen LogP contribution is -2.07. The van der Waals surface area contributed by atoms with Gasteiger partial charge in [0.25, 0.3) is 0 Å². The van der Waals surface area contributed by atoms with Crippen molar-refractivity contribution in [1.29, 1.82) is 5.26 Å². The quantitative estimate of drug-likeness (QED) is 0.478. The zero-order valence-electron chi connectivity index (χ0n) is 11.5. The van der Waals surface area contributed by atoms with E-state index < -0.39 is 0 Å². The Balaban J connectivity index is 2.25. The molecule has 0 radical (unpaired) electrons. The summed E-state index contributed by atoms with van der Waals surface area (Å²) in [6.45, 7) is 0. The zero-order valence-corrected chi connectivity index (χ0v) is 12.2.